The van der Waals surface area contributed by atoms with Crippen molar-refractivity contribution >= 4 is 11.7 Å². The number of hydrogen-bond donors (Lipinski definition) is 2. The third kappa shape index (κ3) is 1.45. The van der Waals surface area contributed by atoms with Gasteiger partial charge in [0.2, 0.25) is 0 Å². The maximum Gasteiger partial charge on any atom is 0.335 e. The van der Waals surface area contributed by atoms with Crippen LogP contribution in [0.5, 0.6) is 0 Å². The van der Waals surface area contributed by atoms with Crippen LogP contribution in [-0.2, 0) is 0 Å². The molecule has 0 amide bonds. The number of halogens is 1. The largest absolute Gasteiger partial charge is 0.478 e. The molecule has 0 aliphatic heterocycles. The lowest BCUT2D eigenvalue weighted by atomic mass is 10.2. The monoisotopic (exact) mass is 168 g/mol. The summed E-state index contributed by atoms with van der Waals surface area (Å²) in [5, 5.41) is 11.3. The zero-order valence-electron chi connectivity index (χ0n) is 5.91. The summed E-state index contributed by atoms with van der Waals surface area (Å²) in [5.41, 5.74) is 6.16. The molecule has 0 spiro atoms. The van der Waals surface area contributed by atoms with Gasteiger partial charge in [-0.2, -0.15) is 5.11 Å². The molecule has 0 saturated heterocycles. The normalized spacial score (nSPS) is 9.42. The third-order valence-corrected chi connectivity index (χ3v) is 1.31. The molecule has 0 fully saturated rings. The Balaban J connectivity index is 3.22. The Bertz CT molecular complexity index is 338. The van der Waals surface area contributed by atoms with Crippen molar-refractivity contribution in [2.24, 2.45) is 5.11 Å². The number of aromatic carboxylic acids is 1. The van der Waals surface area contributed by atoms with Crippen LogP contribution in [0.25, 0.3) is 0 Å². The Morgan fingerprint density at radius 2 is 2.25 bits per heavy atom. The van der Waals surface area contributed by atoms with Crippen molar-refractivity contribution < 1.29 is 14.3 Å². The number of rotatable bonds is 2. The van der Waals surface area contributed by atoms with Gasteiger partial charge in [-0.15, -0.1) is 0 Å². The summed E-state index contributed by atoms with van der Waals surface area (Å²) in [5.74, 6) is -1.87. The van der Waals surface area contributed by atoms with Gasteiger partial charge in [-0.05, 0) is 18.2 Å². The molecule has 1 rings (SSSR count). The van der Waals surface area contributed by atoms with Crippen molar-refractivity contribution in [3.05, 3.63) is 29.6 Å². The first-order chi connectivity index (χ1) is 5.65. The van der Waals surface area contributed by atoms with Gasteiger partial charge in [0.25, 0.3) is 0 Å². The van der Waals surface area contributed by atoms with Crippen LogP contribution in [0.3, 0.4) is 0 Å². The number of carbonyl (C=O) groups is 1. The van der Waals surface area contributed by atoms with Gasteiger partial charge in [0.15, 0.2) is 5.82 Å². The van der Waals surface area contributed by atoms with Crippen molar-refractivity contribution in [2.75, 3.05) is 0 Å². The van der Waals surface area contributed by atoms with Crippen molar-refractivity contribution in [1.29, 1.82) is 5.53 Å². The van der Waals surface area contributed by atoms with Gasteiger partial charge < -0.3 is 5.11 Å². The number of nitrogens with one attached hydrogen (secondary N) is 1. The number of nitrogens with zero attached hydrogens (tertiary/aromatic N) is 1. The highest BCUT2D eigenvalue weighted by atomic mass is 19.1. The van der Waals surface area contributed by atoms with Gasteiger partial charge in [-0.25, -0.2) is 14.7 Å². The van der Waals surface area contributed by atoms with Gasteiger partial charge in [0.1, 0.15) is 5.69 Å². The summed E-state index contributed by atoms with van der Waals surface area (Å²) in [7, 11) is 0. The molecular weight excluding hydrogens is 163 g/mol. The number of carboxylic acid groups (broad SMARTS) is 1. The van der Waals surface area contributed by atoms with E-state index in [0.717, 1.165) is 18.2 Å². The molecule has 0 atom stereocenters. The molecule has 62 valence electrons. The van der Waals surface area contributed by atoms with E-state index in [1.807, 2.05) is 0 Å². The van der Waals surface area contributed by atoms with E-state index in [4.69, 9.17) is 10.6 Å². The molecule has 5 heteroatoms. The molecule has 0 bridgehead atoms. The minimum Gasteiger partial charge on any atom is -0.478 e. The lowest BCUT2D eigenvalue weighted by molar-refractivity contribution is 0.0697. The predicted molar refractivity (Wildman–Crippen MR) is 38.2 cm³/mol. The Morgan fingerprint density at radius 1 is 1.58 bits per heavy atom. The molecule has 0 unspecified atom stereocenters. The summed E-state index contributed by atoms with van der Waals surface area (Å²) in [6.45, 7) is 0. The minimum atomic E-state index is -1.17. The van der Waals surface area contributed by atoms with E-state index in [1.54, 1.807) is 0 Å². The smallest absolute Gasteiger partial charge is 0.335 e. The molecule has 0 heterocycles. The topological polar surface area (TPSA) is 73.5 Å². The Hall–Kier alpha value is -1.78. The molecule has 1 aromatic rings. The predicted octanol–water partition coefficient (Wildman–Crippen LogP) is 2.19. The standard InChI is InChI=1S/C7H5FN2O2/c8-5-2-1-4(7(11)12)3-6(5)10-9/h1-3,9H,(H,11,12). The number of carboxylic acids is 1. The van der Waals surface area contributed by atoms with Crippen LogP contribution in [0.2, 0.25) is 0 Å². The Kier molecular flexibility index (Phi) is 2.14. The van der Waals surface area contributed by atoms with E-state index < -0.39 is 11.8 Å². The Morgan fingerprint density at radius 3 is 2.75 bits per heavy atom. The van der Waals surface area contributed by atoms with E-state index in [0.29, 0.717) is 0 Å². The fourth-order valence-corrected chi connectivity index (χ4v) is 0.731. The zero-order chi connectivity index (χ0) is 9.14. The van der Waals surface area contributed by atoms with Gasteiger partial charge in [0, 0.05) is 0 Å². The van der Waals surface area contributed by atoms with E-state index in [-0.39, 0.29) is 11.3 Å². The van der Waals surface area contributed by atoms with Crippen LogP contribution in [0.15, 0.2) is 23.3 Å². The van der Waals surface area contributed by atoms with Gasteiger partial charge in [0.05, 0.1) is 5.56 Å². The molecule has 1 aromatic carbocycles. The van der Waals surface area contributed by atoms with Crippen molar-refractivity contribution in [3.8, 4) is 0 Å². The highest BCUT2D eigenvalue weighted by Crippen LogP contribution is 2.18. The summed E-state index contributed by atoms with van der Waals surface area (Å²) in [4.78, 5) is 10.4. The first-order valence-electron chi connectivity index (χ1n) is 3.05. The molecule has 0 radical (unpaired) electrons. The molecule has 12 heavy (non-hydrogen) atoms. The average molecular weight is 168 g/mol. The molecule has 0 aliphatic rings. The lowest BCUT2D eigenvalue weighted by Gasteiger charge is -1.96. The third-order valence-electron chi connectivity index (χ3n) is 1.31. The fraction of sp³-hybridized carbons (Fsp3) is 0. The lowest BCUT2D eigenvalue weighted by Crippen LogP contribution is -1.95. The highest BCUT2D eigenvalue weighted by molar-refractivity contribution is 5.88. The first kappa shape index (κ1) is 8.32. The van der Waals surface area contributed by atoms with Gasteiger partial charge >= 0.3 is 5.97 Å². The summed E-state index contributed by atoms with van der Waals surface area (Å²) < 4.78 is 12.6. The molecular formula is C7H5FN2O2. The molecule has 2 N–H and O–H groups in total. The van der Waals surface area contributed by atoms with Crippen molar-refractivity contribution in [1.82, 2.24) is 0 Å². The zero-order valence-corrected chi connectivity index (χ0v) is 5.91. The second kappa shape index (κ2) is 3.08. The molecule has 0 saturated carbocycles. The second-order valence-corrected chi connectivity index (χ2v) is 2.08. The minimum absolute atomic E-state index is 0.0811. The fourth-order valence-electron chi connectivity index (χ4n) is 0.731. The van der Waals surface area contributed by atoms with E-state index in [1.165, 1.54) is 0 Å². The van der Waals surface area contributed by atoms with E-state index in [2.05, 4.69) is 5.11 Å². The van der Waals surface area contributed by atoms with E-state index in [9.17, 15) is 9.18 Å². The summed E-state index contributed by atoms with van der Waals surface area (Å²) in [6, 6.07) is 3.09. The molecule has 4 nitrogen and oxygen atoms in total. The SMILES string of the molecule is N=Nc1cc(C(=O)O)ccc1F. The van der Waals surface area contributed by atoms with Gasteiger partial charge in [-0.3, -0.25) is 0 Å². The van der Waals surface area contributed by atoms with Crippen LogP contribution >= 0.6 is 0 Å². The maximum absolute atomic E-state index is 12.6. The van der Waals surface area contributed by atoms with E-state index >= 15 is 0 Å². The van der Waals surface area contributed by atoms with Crippen LogP contribution < -0.4 is 0 Å². The number of benzene rings is 1. The maximum atomic E-state index is 12.6. The van der Waals surface area contributed by atoms with Crippen LogP contribution in [0.1, 0.15) is 10.4 Å². The first-order valence-corrected chi connectivity index (χ1v) is 3.05. The molecule has 0 aromatic heterocycles. The summed E-state index contributed by atoms with van der Waals surface area (Å²) in [6.07, 6.45) is 0. The quantitative estimate of drug-likeness (QED) is 0.664. The van der Waals surface area contributed by atoms with Gasteiger partial charge in [-0.1, -0.05) is 0 Å². The Labute approximate surface area is 67.2 Å². The second-order valence-electron chi connectivity index (χ2n) is 2.08. The average Bonchev–Trinajstić information content (AvgIpc) is 2.05. The summed E-state index contributed by atoms with van der Waals surface area (Å²) >= 11 is 0. The van der Waals surface area contributed by atoms with Crippen molar-refractivity contribution in [3.63, 3.8) is 0 Å². The molecule has 0 aliphatic carbocycles. The van der Waals surface area contributed by atoms with Crippen LogP contribution in [-0.4, -0.2) is 11.1 Å². The highest BCUT2D eigenvalue weighted by Gasteiger charge is 2.06. The number of hydrogen-bond acceptors (Lipinski definition) is 3. The van der Waals surface area contributed by atoms with Crippen LogP contribution in [0.4, 0.5) is 10.1 Å². The van der Waals surface area contributed by atoms with Crippen molar-refractivity contribution in [2.45, 2.75) is 0 Å². The van der Waals surface area contributed by atoms with Crippen LogP contribution in [0, 0.1) is 11.3 Å².